The summed E-state index contributed by atoms with van der Waals surface area (Å²) in [7, 11) is 0. The van der Waals surface area contributed by atoms with Gasteiger partial charge in [-0.3, -0.25) is 9.59 Å². The first-order valence-corrected chi connectivity index (χ1v) is 7.29. The number of H-pyrrole nitrogens is 1. The number of carbonyl (C=O) groups excluding carboxylic acids is 2. The number of halogens is 2. The van der Waals surface area contributed by atoms with E-state index in [0.29, 0.717) is 21.8 Å². The van der Waals surface area contributed by atoms with E-state index in [1.54, 1.807) is 12.1 Å². The van der Waals surface area contributed by atoms with E-state index in [-0.39, 0.29) is 22.8 Å². The molecule has 0 spiro atoms. The summed E-state index contributed by atoms with van der Waals surface area (Å²) in [5, 5.41) is 3.61. The molecule has 1 amide bonds. The molecule has 0 radical (unpaired) electrons. The molecule has 0 unspecified atom stereocenters. The molecule has 1 heterocycles. The lowest BCUT2D eigenvalue weighted by Crippen LogP contribution is -2.25. The van der Waals surface area contributed by atoms with Crippen LogP contribution in [0.4, 0.5) is 0 Å². The van der Waals surface area contributed by atoms with E-state index in [2.05, 4.69) is 10.3 Å². The first kappa shape index (κ1) is 14.2. The summed E-state index contributed by atoms with van der Waals surface area (Å²) in [6.07, 6.45) is 3.53. The lowest BCUT2D eigenvalue weighted by Gasteiger charge is -2.02. The third kappa shape index (κ3) is 3.12. The van der Waals surface area contributed by atoms with Gasteiger partial charge in [0.2, 0.25) is 0 Å². The number of rotatable bonds is 4. The molecule has 3 rings (SSSR count). The van der Waals surface area contributed by atoms with Crippen LogP contribution in [-0.4, -0.2) is 22.7 Å². The van der Waals surface area contributed by atoms with Crippen molar-refractivity contribution < 1.29 is 9.59 Å². The van der Waals surface area contributed by atoms with Gasteiger partial charge in [-0.25, -0.2) is 0 Å². The van der Waals surface area contributed by atoms with Gasteiger partial charge in [-0.15, -0.1) is 0 Å². The van der Waals surface area contributed by atoms with Crippen LogP contribution < -0.4 is 5.32 Å². The second kappa shape index (κ2) is 5.54. The van der Waals surface area contributed by atoms with Crippen molar-refractivity contribution >= 4 is 34.9 Å². The molecule has 1 fully saturated rings. The van der Waals surface area contributed by atoms with Crippen molar-refractivity contribution in [3.63, 3.8) is 0 Å². The van der Waals surface area contributed by atoms with Crippen molar-refractivity contribution in [1.82, 2.24) is 10.3 Å². The zero-order valence-electron chi connectivity index (χ0n) is 11.0. The SMILES string of the molecule is O=C(NC1CC1)c1cc(C(=O)c2ccc(Cl)cc2Cl)c[nH]1. The molecule has 0 aliphatic heterocycles. The maximum Gasteiger partial charge on any atom is 0.267 e. The molecular weight excluding hydrogens is 311 g/mol. The van der Waals surface area contributed by atoms with Gasteiger partial charge in [0, 0.05) is 28.4 Å². The summed E-state index contributed by atoms with van der Waals surface area (Å²) in [6, 6.07) is 6.50. The van der Waals surface area contributed by atoms with E-state index in [1.807, 2.05) is 0 Å². The van der Waals surface area contributed by atoms with Crippen LogP contribution in [0, 0.1) is 0 Å². The molecule has 6 heteroatoms. The maximum atomic E-state index is 12.4. The minimum atomic E-state index is -0.251. The van der Waals surface area contributed by atoms with Crippen molar-refractivity contribution in [2.24, 2.45) is 0 Å². The average Bonchev–Trinajstić information content (AvgIpc) is 3.11. The number of hydrogen-bond donors (Lipinski definition) is 2. The van der Waals surface area contributed by atoms with Crippen molar-refractivity contribution in [1.29, 1.82) is 0 Å². The normalized spacial score (nSPS) is 14.0. The quantitative estimate of drug-likeness (QED) is 0.847. The Morgan fingerprint density at radius 1 is 1.19 bits per heavy atom. The van der Waals surface area contributed by atoms with E-state index in [4.69, 9.17) is 23.2 Å². The molecule has 108 valence electrons. The highest BCUT2D eigenvalue weighted by Crippen LogP contribution is 2.24. The summed E-state index contributed by atoms with van der Waals surface area (Å²) < 4.78 is 0. The van der Waals surface area contributed by atoms with E-state index in [1.165, 1.54) is 18.3 Å². The number of aromatic nitrogens is 1. The van der Waals surface area contributed by atoms with Crippen LogP contribution >= 0.6 is 23.2 Å². The van der Waals surface area contributed by atoms with Crippen LogP contribution in [0.3, 0.4) is 0 Å². The Labute approximate surface area is 131 Å². The number of ketones is 1. The third-order valence-electron chi connectivity index (χ3n) is 3.28. The van der Waals surface area contributed by atoms with Gasteiger partial charge < -0.3 is 10.3 Å². The summed E-state index contributed by atoms with van der Waals surface area (Å²) in [6.45, 7) is 0. The molecule has 2 aromatic rings. The van der Waals surface area contributed by atoms with E-state index < -0.39 is 0 Å². The van der Waals surface area contributed by atoms with Gasteiger partial charge in [0.15, 0.2) is 5.78 Å². The average molecular weight is 323 g/mol. The minimum absolute atomic E-state index is 0.196. The summed E-state index contributed by atoms with van der Waals surface area (Å²) in [5.41, 5.74) is 1.12. The highest BCUT2D eigenvalue weighted by Gasteiger charge is 2.25. The number of nitrogens with one attached hydrogen (secondary N) is 2. The predicted octanol–water partition coefficient (Wildman–Crippen LogP) is 3.44. The molecule has 1 aliphatic rings. The Balaban J connectivity index is 1.81. The molecule has 0 bridgehead atoms. The minimum Gasteiger partial charge on any atom is -0.356 e. The van der Waals surface area contributed by atoms with Gasteiger partial charge in [0.1, 0.15) is 5.69 Å². The van der Waals surface area contributed by atoms with Crippen LogP contribution in [-0.2, 0) is 0 Å². The van der Waals surface area contributed by atoms with Gasteiger partial charge in [0.05, 0.1) is 5.02 Å². The second-order valence-electron chi connectivity index (χ2n) is 5.00. The largest absolute Gasteiger partial charge is 0.356 e. The molecule has 1 saturated carbocycles. The standard InChI is InChI=1S/C15H12Cl2N2O2/c16-9-1-4-11(12(17)6-9)14(20)8-5-13(18-7-8)15(21)19-10-2-3-10/h1,4-7,10,18H,2-3H2,(H,19,21). The van der Waals surface area contributed by atoms with Crippen molar-refractivity contribution in [2.45, 2.75) is 18.9 Å². The van der Waals surface area contributed by atoms with Crippen molar-refractivity contribution in [3.05, 3.63) is 57.3 Å². The van der Waals surface area contributed by atoms with Crippen LogP contribution in [0.2, 0.25) is 10.0 Å². The zero-order chi connectivity index (χ0) is 15.0. The van der Waals surface area contributed by atoms with Crippen LogP contribution in [0.25, 0.3) is 0 Å². The zero-order valence-corrected chi connectivity index (χ0v) is 12.5. The van der Waals surface area contributed by atoms with Gasteiger partial charge in [-0.2, -0.15) is 0 Å². The number of amides is 1. The molecule has 1 aliphatic carbocycles. The van der Waals surface area contributed by atoms with E-state index in [9.17, 15) is 9.59 Å². The molecular formula is C15H12Cl2N2O2. The fourth-order valence-electron chi connectivity index (χ4n) is 1.98. The Morgan fingerprint density at radius 2 is 1.95 bits per heavy atom. The lowest BCUT2D eigenvalue weighted by atomic mass is 10.1. The Bertz CT molecular complexity index is 720. The highest BCUT2D eigenvalue weighted by atomic mass is 35.5. The first-order chi connectivity index (χ1) is 10.0. The van der Waals surface area contributed by atoms with Crippen LogP contribution in [0.15, 0.2) is 30.5 Å². The van der Waals surface area contributed by atoms with E-state index >= 15 is 0 Å². The second-order valence-corrected chi connectivity index (χ2v) is 5.85. The number of hydrogen-bond acceptors (Lipinski definition) is 2. The molecule has 1 aromatic carbocycles. The molecule has 0 atom stereocenters. The molecule has 2 N–H and O–H groups in total. The lowest BCUT2D eigenvalue weighted by molar-refractivity contribution is 0.0946. The number of benzene rings is 1. The molecule has 21 heavy (non-hydrogen) atoms. The fraction of sp³-hybridized carbons (Fsp3) is 0.200. The Kier molecular flexibility index (Phi) is 3.74. The Hall–Kier alpha value is -1.78. The number of carbonyl (C=O) groups is 2. The van der Waals surface area contributed by atoms with Gasteiger partial charge >= 0.3 is 0 Å². The monoisotopic (exact) mass is 322 g/mol. The first-order valence-electron chi connectivity index (χ1n) is 6.53. The summed E-state index contributed by atoms with van der Waals surface area (Å²) in [4.78, 5) is 27.1. The van der Waals surface area contributed by atoms with Crippen LogP contribution in [0.1, 0.15) is 39.3 Å². The molecule has 0 saturated heterocycles. The van der Waals surface area contributed by atoms with Gasteiger partial charge in [0.25, 0.3) is 5.91 Å². The highest BCUT2D eigenvalue weighted by molar-refractivity contribution is 6.37. The van der Waals surface area contributed by atoms with Crippen molar-refractivity contribution in [3.8, 4) is 0 Å². The fourth-order valence-corrected chi connectivity index (χ4v) is 2.47. The smallest absolute Gasteiger partial charge is 0.267 e. The summed E-state index contributed by atoms with van der Waals surface area (Å²) >= 11 is 11.8. The third-order valence-corrected chi connectivity index (χ3v) is 3.83. The number of aromatic amines is 1. The Morgan fingerprint density at radius 3 is 2.62 bits per heavy atom. The van der Waals surface area contributed by atoms with E-state index in [0.717, 1.165) is 12.8 Å². The molecule has 4 nitrogen and oxygen atoms in total. The van der Waals surface area contributed by atoms with Crippen molar-refractivity contribution in [2.75, 3.05) is 0 Å². The van der Waals surface area contributed by atoms with Gasteiger partial charge in [-0.1, -0.05) is 23.2 Å². The predicted molar refractivity (Wildman–Crippen MR) is 81.2 cm³/mol. The summed E-state index contributed by atoms with van der Waals surface area (Å²) in [5.74, 6) is -0.447. The van der Waals surface area contributed by atoms with Crippen LogP contribution in [0.5, 0.6) is 0 Å². The van der Waals surface area contributed by atoms with Gasteiger partial charge in [-0.05, 0) is 37.1 Å². The topological polar surface area (TPSA) is 62.0 Å². The molecule has 1 aromatic heterocycles. The maximum absolute atomic E-state index is 12.4.